The molecular formula is C24H27N3O2. The average molecular weight is 389 g/mol. The minimum absolute atomic E-state index is 0.0339. The van der Waals surface area contributed by atoms with Crippen molar-refractivity contribution in [3.63, 3.8) is 0 Å². The van der Waals surface area contributed by atoms with Crippen LogP contribution in [0.1, 0.15) is 56.9 Å². The molecule has 0 unspecified atom stereocenters. The quantitative estimate of drug-likeness (QED) is 0.627. The molecule has 1 aliphatic carbocycles. The molecule has 29 heavy (non-hydrogen) atoms. The van der Waals surface area contributed by atoms with Gasteiger partial charge >= 0.3 is 6.03 Å². The molecule has 2 fully saturated rings. The summed E-state index contributed by atoms with van der Waals surface area (Å²) in [5, 5.41) is 3.24. The van der Waals surface area contributed by atoms with E-state index in [1.165, 1.54) is 19.3 Å². The summed E-state index contributed by atoms with van der Waals surface area (Å²) in [6.07, 6.45) is 7.77. The normalized spacial score (nSPS) is 20.3. The van der Waals surface area contributed by atoms with E-state index >= 15 is 0 Å². The van der Waals surface area contributed by atoms with Gasteiger partial charge in [0.25, 0.3) is 0 Å². The first kappa shape index (κ1) is 18.2. The van der Waals surface area contributed by atoms with E-state index in [4.69, 9.17) is 9.40 Å². The number of carbonyl (C=O) groups is 1. The molecule has 1 saturated carbocycles. The Morgan fingerprint density at radius 1 is 0.966 bits per heavy atom. The SMILES string of the molecule is O=C(NC1CCCCC1)N1CCC[C@H]1c1nc2cc(-c3ccccc3)ccc2o1. The number of amides is 2. The number of nitrogens with zero attached hydrogens (tertiary/aromatic N) is 2. The van der Waals surface area contributed by atoms with Crippen molar-refractivity contribution in [1.29, 1.82) is 0 Å². The van der Waals surface area contributed by atoms with Crippen molar-refractivity contribution in [2.24, 2.45) is 0 Å². The second-order valence-electron chi connectivity index (χ2n) is 8.24. The second kappa shape index (κ2) is 7.90. The fourth-order valence-corrected chi connectivity index (χ4v) is 4.67. The highest BCUT2D eigenvalue weighted by Crippen LogP contribution is 2.34. The summed E-state index contributed by atoms with van der Waals surface area (Å²) in [5.41, 5.74) is 3.91. The minimum Gasteiger partial charge on any atom is -0.438 e. The van der Waals surface area contributed by atoms with E-state index in [2.05, 4.69) is 29.6 Å². The van der Waals surface area contributed by atoms with Crippen LogP contribution in [0.4, 0.5) is 4.79 Å². The van der Waals surface area contributed by atoms with Gasteiger partial charge in [0.05, 0.1) is 0 Å². The van der Waals surface area contributed by atoms with E-state index in [0.717, 1.165) is 54.5 Å². The summed E-state index contributed by atoms with van der Waals surface area (Å²) in [6, 6.07) is 16.7. The van der Waals surface area contributed by atoms with Crippen LogP contribution in [-0.4, -0.2) is 28.5 Å². The van der Waals surface area contributed by atoms with Crippen LogP contribution in [-0.2, 0) is 0 Å². The van der Waals surface area contributed by atoms with Gasteiger partial charge in [0.1, 0.15) is 11.6 Å². The lowest BCUT2D eigenvalue weighted by Gasteiger charge is -2.28. The molecule has 0 spiro atoms. The van der Waals surface area contributed by atoms with E-state index < -0.39 is 0 Å². The zero-order valence-electron chi connectivity index (χ0n) is 16.6. The van der Waals surface area contributed by atoms with Crippen molar-refractivity contribution in [2.45, 2.75) is 57.0 Å². The molecular weight excluding hydrogens is 362 g/mol. The Labute approximate surface area is 171 Å². The minimum atomic E-state index is -0.0776. The number of rotatable bonds is 3. The zero-order valence-corrected chi connectivity index (χ0v) is 16.6. The lowest BCUT2D eigenvalue weighted by Crippen LogP contribution is -2.45. The second-order valence-corrected chi connectivity index (χ2v) is 8.24. The Hall–Kier alpha value is -2.82. The third-order valence-corrected chi connectivity index (χ3v) is 6.24. The van der Waals surface area contributed by atoms with Crippen LogP contribution in [0.25, 0.3) is 22.2 Å². The third kappa shape index (κ3) is 3.74. The highest BCUT2D eigenvalue weighted by Gasteiger charge is 2.34. The number of urea groups is 1. The highest BCUT2D eigenvalue weighted by atomic mass is 16.4. The molecule has 2 aliphatic rings. The molecule has 5 rings (SSSR count). The predicted molar refractivity (Wildman–Crippen MR) is 114 cm³/mol. The molecule has 0 bridgehead atoms. The predicted octanol–water partition coefficient (Wildman–Crippen LogP) is 5.67. The summed E-state index contributed by atoms with van der Waals surface area (Å²) < 4.78 is 6.08. The Morgan fingerprint density at radius 3 is 2.62 bits per heavy atom. The summed E-state index contributed by atoms with van der Waals surface area (Å²) in [7, 11) is 0. The van der Waals surface area contributed by atoms with Crippen LogP contribution in [0.2, 0.25) is 0 Å². The van der Waals surface area contributed by atoms with E-state index in [1.807, 2.05) is 29.2 Å². The maximum atomic E-state index is 12.9. The van der Waals surface area contributed by atoms with Gasteiger partial charge in [-0.3, -0.25) is 0 Å². The van der Waals surface area contributed by atoms with Crippen LogP contribution in [0, 0.1) is 0 Å². The lowest BCUT2D eigenvalue weighted by atomic mass is 9.96. The topological polar surface area (TPSA) is 58.4 Å². The number of nitrogens with one attached hydrogen (secondary N) is 1. The summed E-state index contributed by atoms with van der Waals surface area (Å²) >= 11 is 0. The van der Waals surface area contributed by atoms with Crippen LogP contribution >= 0.6 is 0 Å². The van der Waals surface area contributed by atoms with E-state index in [-0.39, 0.29) is 12.1 Å². The average Bonchev–Trinajstić information content (AvgIpc) is 3.41. The first-order valence-electron chi connectivity index (χ1n) is 10.8. The molecule has 1 aliphatic heterocycles. The fourth-order valence-electron chi connectivity index (χ4n) is 4.67. The zero-order chi connectivity index (χ0) is 19.6. The first-order chi connectivity index (χ1) is 14.3. The van der Waals surface area contributed by atoms with Crippen molar-refractivity contribution >= 4 is 17.1 Å². The van der Waals surface area contributed by atoms with Crippen LogP contribution in [0.15, 0.2) is 52.9 Å². The lowest BCUT2D eigenvalue weighted by molar-refractivity contribution is 0.178. The highest BCUT2D eigenvalue weighted by molar-refractivity contribution is 5.80. The number of aromatic nitrogens is 1. The Morgan fingerprint density at radius 2 is 1.79 bits per heavy atom. The fraction of sp³-hybridized carbons (Fsp3) is 0.417. The van der Waals surface area contributed by atoms with Crippen molar-refractivity contribution in [2.75, 3.05) is 6.54 Å². The molecule has 2 heterocycles. The molecule has 2 aromatic carbocycles. The standard InChI is InChI=1S/C24H27N3O2/c28-24(25-19-10-5-2-6-11-19)27-15-7-12-21(27)23-26-20-16-18(13-14-22(20)29-23)17-8-3-1-4-9-17/h1,3-4,8-9,13-14,16,19,21H,2,5-7,10-12,15H2,(H,25,28)/t21-/m0/s1. The van der Waals surface area contributed by atoms with Gasteiger partial charge in [0.2, 0.25) is 5.89 Å². The van der Waals surface area contributed by atoms with Gasteiger partial charge in [-0.1, -0.05) is 55.7 Å². The van der Waals surface area contributed by atoms with Crippen molar-refractivity contribution in [3.8, 4) is 11.1 Å². The van der Waals surface area contributed by atoms with Crippen LogP contribution < -0.4 is 5.32 Å². The number of hydrogen-bond donors (Lipinski definition) is 1. The van der Waals surface area contributed by atoms with E-state index in [1.54, 1.807) is 0 Å². The Bertz CT molecular complexity index is 992. The molecule has 1 atom stereocenters. The molecule has 5 nitrogen and oxygen atoms in total. The molecule has 1 aromatic heterocycles. The van der Waals surface area contributed by atoms with Crippen LogP contribution in [0.5, 0.6) is 0 Å². The molecule has 1 saturated heterocycles. The number of carbonyl (C=O) groups excluding carboxylic acids is 1. The third-order valence-electron chi connectivity index (χ3n) is 6.24. The van der Waals surface area contributed by atoms with Gasteiger partial charge in [0.15, 0.2) is 5.58 Å². The Balaban J connectivity index is 1.37. The number of benzene rings is 2. The van der Waals surface area contributed by atoms with Gasteiger partial charge in [-0.05, 0) is 48.9 Å². The maximum Gasteiger partial charge on any atom is 0.318 e. The van der Waals surface area contributed by atoms with E-state index in [9.17, 15) is 4.79 Å². The number of hydrogen-bond acceptors (Lipinski definition) is 3. The molecule has 3 aromatic rings. The first-order valence-corrected chi connectivity index (χ1v) is 10.8. The molecule has 0 radical (unpaired) electrons. The Kier molecular flexibility index (Phi) is 4.96. The molecule has 1 N–H and O–H groups in total. The number of likely N-dealkylation sites (tertiary alicyclic amines) is 1. The maximum absolute atomic E-state index is 12.9. The van der Waals surface area contributed by atoms with Gasteiger partial charge in [-0.15, -0.1) is 0 Å². The number of oxazole rings is 1. The van der Waals surface area contributed by atoms with Crippen molar-refractivity contribution < 1.29 is 9.21 Å². The van der Waals surface area contributed by atoms with Gasteiger partial charge in [-0.25, -0.2) is 9.78 Å². The largest absolute Gasteiger partial charge is 0.438 e. The molecule has 2 amide bonds. The van der Waals surface area contributed by atoms with Gasteiger partial charge in [-0.2, -0.15) is 0 Å². The van der Waals surface area contributed by atoms with Gasteiger partial charge < -0.3 is 14.6 Å². The van der Waals surface area contributed by atoms with E-state index in [0.29, 0.717) is 11.9 Å². The smallest absolute Gasteiger partial charge is 0.318 e. The monoisotopic (exact) mass is 389 g/mol. The molecule has 150 valence electrons. The van der Waals surface area contributed by atoms with Crippen molar-refractivity contribution in [3.05, 3.63) is 54.4 Å². The van der Waals surface area contributed by atoms with Gasteiger partial charge in [0, 0.05) is 12.6 Å². The number of fused-ring (bicyclic) bond motifs is 1. The molecule has 5 heteroatoms. The van der Waals surface area contributed by atoms with Crippen LogP contribution in [0.3, 0.4) is 0 Å². The summed E-state index contributed by atoms with van der Waals surface area (Å²) in [6.45, 7) is 0.761. The summed E-state index contributed by atoms with van der Waals surface area (Å²) in [5.74, 6) is 0.654. The summed E-state index contributed by atoms with van der Waals surface area (Å²) in [4.78, 5) is 19.6. The van der Waals surface area contributed by atoms with Crippen molar-refractivity contribution in [1.82, 2.24) is 15.2 Å².